The molecule has 1 aromatic rings. The number of likely N-dealkylation sites (N-methyl/N-ethyl adjacent to an activating group) is 1. The number of nitrogens with two attached hydrogens (primary N) is 1. The summed E-state index contributed by atoms with van der Waals surface area (Å²) in [4.78, 5) is 37.4. The number of aryl methyl sites for hydroxylation is 3. The highest BCUT2D eigenvalue weighted by molar-refractivity contribution is 5.96. The Hall–Kier alpha value is -2.41. The van der Waals surface area contributed by atoms with Gasteiger partial charge in [-0.15, -0.1) is 0 Å². The number of anilines is 1. The molecule has 4 N–H and O–H groups in total. The molecule has 7 heteroatoms. The summed E-state index contributed by atoms with van der Waals surface area (Å²) >= 11 is 0. The van der Waals surface area contributed by atoms with E-state index in [1.165, 1.54) is 11.9 Å². The van der Waals surface area contributed by atoms with Crippen LogP contribution >= 0.6 is 0 Å². The fraction of sp³-hybridized carbons (Fsp3) is 0.526. The fourth-order valence-electron chi connectivity index (χ4n) is 2.58. The first kappa shape index (κ1) is 21.6. The van der Waals surface area contributed by atoms with Crippen molar-refractivity contribution < 1.29 is 14.4 Å². The minimum atomic E-state index is -0.663. The molecule has 0 unspecified atom stereocenters. The highest BCUT2D eigenvalue weighted by Crippen LogP contribution is 2.21. The van der Waals surface area contributed by atoms with Crippen molar-refractivity contribution in [1.82, 2.24) is 10.2 Å². The van der Waals surface area contributed by atoms with E-state index in [0.717, 1.165) is 22.4 Å². The summed E-state index contributed by atoms with van der Waals surface area (Å²) in [7, 11) is 1.52. The number of amides is 3. The monoisotopic (exact) mass is 362 g/mol. The summed E-state index contributed by atoms with van der Waals surface area (Å²) in [6.07, 6.45) is 0. The first-order valence-electron chi connectivity index (χ1n) is 8.67. The molecule has 0 radical (unpaired) electrons. The van der Waals surface area contributed by atoms with Gasteiger partial charge in [-0.05, 0) is 37.8 Å². The van der Waals surface area contributed by atoms with Gasteiger partial charge in [0.1, 0.15) is 0 Å². The van der Waals surface area contributed by atoms with E-state index >= 15 is 0 Å². The van der Waals surface area contributed by atoms with Gasteiger partial charge in [-0.25, -0.2) is 0 Å². The number of nitrogens with zero attached hydrogens (tertiary/aromatic N) is 1. The van der Waals surface area contributed by atoms with Crippen LogP contribution in [0.1, 0.15) is 30.5 Å². The van der Waals surface area contributed by atoms with Crippen LogP contribution in [0.4, 0.5) is 5.69 Å². The molecule has 0 bridgehead atoms. The molecule has 0 spiro atoms. The molecular formula is C19H30N4O3. The second-order valence-corrected chi connectivity index (χ2v) is 7.06. The van der Waals surface area contributed by atoms with E-state index in [0.29, 0.717) is 0 Å². The van der Waals surface area contributed by atoms with E-state index < -0.39 is 6.04 Å². The topological polar surface area (TPSA) is 105 Å². The van der Waals surface area contributed by atoms with Crippen LogP contribution in [0.25, 0.3) is 0 Å². The lowest BCUT2D eigenvalue weighted by atomic mass is 10.1. The van der Waals surface area contributed by atoms with E-state index in [4.69, 9.17) is 5.73 Å². The third kappa shape index (κ3) is 6.15. The summed E-state index contributed by atoms with van der Waals surface area (Å²) < 4.78 is 0. The molecular weight excluding hydrogens is 332 g/mol. The van der Waals surface area contributed by atoms with Gasteiger partial charge in [-0.3, -0.25) is 14.4 Å². The summed E-state index contributed by atoms with van der Waals surface area (Å²) in [5.74, 6) is -1.05. The van der Waals surface area contributed by atoms with E-state index in [2.05, 4.69) is 10.6 Å². The number of benzene rings is 1. The Bertz CT molecular complexity index is 662. The number of hydrogen-bond donors (Lipinski definition) is 3. The third-order valence-electron chi connectivity index (χ3n) is 4.18. The molecule has 0 aliphatic carbocycles. The van der Waals surface area contributed by atoms with E-state index in [-0.39, 0.29) is 36.7 Å². The predicted molar refractivity (Wildman–Crippen MR) is 103 cm³/mol. The van der Waals surface area contributed by atoms with Crippen molar-refractivity contribution in [2.24, 2.45) is 11.7 Å². The summed E-state index contributed by atoms with van der Waals surface area (Å²) in [5, 5.41) is 5.35. The number of nitrogens with one attached hydrogen (secondary N) is 2. The minimum Gasteiger partial charge on any atom is -0.346 e. The van der Waals surface area contributed by atoms with Gasteiger partial charge in [0, 0.05) is 12.7 Å². The number of hydrogen-bond acceptors (Lipinski definition) is 4. The van der Waals surface area contributed by atoms with Gasteiger partial charge in [0.05, 0.1) is 19.1 Å². The first-order valence-corrected chi connectivity index (χ1v) is 8.67. The van der Waals surface area contributed by atoms with E-state index in [1.807, 2.05) is 46.8 Å². The van der Waals surface area contributed by atoms with Crippen molar-refractivity contribution in [3.05, 3.63) is 28.8 Å². The molecule has 0 fully saturated rings. The molecule has 7 nitrogen and oxygen atoms in total. The number of carbonyl (C=O) groups excluding carboxylic acids is 3. The predicted octanol–water partition coefficient (Wildman–Crippen LogP) is 1.11. The largest absolute Gasteiger partial charge is 0.346 e. The fourth-order valence-corrected chi connectivity index (χ4v) is 2.58. The SMILES string of the molecule is Cc1cc(C)c(NC(=O)CN(C)C(=O)CNC(=O)[C@@H](N)C(C)C)c(C)c1. The molecule has 1 rings (SSSR count). The maximum Gasteiger partial charge on any atom is 0.243 e. The van der Waals surface area contributed by atoms with Gasteiger partial charge in [-0.2, -0.15) is 0 Å². The third-order valence-corrected chi connectivity index (χ3v) is 4.18. The van der Waals surface area contributed by atoms with Crippen LogP contribution in [0.2, 0.25) is 0 Å². The normalized spacial score (nSPS) is 11.8. The molecule has 0 saturated heterocycles. The zero-order valence-electron chi connectivity index (χ0n) is 16.5. The molecule has 3 amide bonds. The van der Waals surface area contributed by atoms with Gasteiger partial charge in [0.2, 0.25) is 17.7 Å². The molecule has 144 valence electrons. The van der Waals surface area contributed by atoms with Gasteiger partial charge in [0.25, 0.3) is 0 Å². The smallest absolute Gasteiger partial charge is 0.243 e. The van der Waals surface area contributed by atoms with Crippen molar-refractivity contribution in [3.8, 4) is 0 Å². The van der Waals surface area contributed by atoms with Crippen molar-refractivity contribution in [2.75, 3.05) is 25.5 Å². The van der Waals surface area contributed by atoms with E-state index in [9.17, 15) is 14.4 Å². The Balaban J connectivity index is 2.56. The van der Waals surface area contributed by atoms with Crippen LogP contribution in [0, 0.1) is 26.7 Å². The second kappa shape index (κ2) is 9.33. The Morgan fingerprint density at radius 1 is 1.12 bits per heavy atom. The quantitative estimate of drug-likeness (QED) is 0.676. The van der Waals surface area contributed by atoms with Crippen molar-refractivity contribution in [1.29, 1.82) is 0 Å². The van der Waals surface area contributed by atoms with Gasteiger partial charge in [0.15, 0.2) is 0 Å². The zero-order chi connectivity index (χ0) is 20.0. The molecule has 0 aliphatic rings. The lowest BCUT2D eigenvalue weighted by Crippen LogP contribution is -2.48. The van der Waals surface area contributed by atoms with Crippen LogP contribution in [0.3, 0.4) is 0 Å². The van der Waals surface area contributed by atoms with Crippen molar-refractivity contribution in [2.45, 2.75) is 40.7 Å². The molecule has 26 heavy (non-hydrogen) atoms. The number of rotatable bonds is 7. The average molecular weight is 362 g/mol. The maximum atomic E-state index is 12.2. The molecule has 0 heterocycles. The molecule has 0 aliphatic heterocycles. The average Bonchev–Trinajstić information content (AvgIpc) is 2.54. The van der Waals surface area contributed by atoms with Gasteiger partial charge in [-0.1, -0.05) is 31.5 Å². The molecule has 0 saturated carbocycles. The molecule has 1 aromatic carbocycles. The van der Waals surface area contributed by atoms with Crippen LogP contribution < -0.4 is 16.4 Å². The Kier molecular flexibility index (Phi) is 7.76. The minimum absolute atomic E-state index is 0.0189. The van der Waals surface area contributed by atoms with Crippen LogP contribution in [-0.4, -0.2) is 48.8 Å². The van der Waals surface area contributed by atoms with Crippen LogP contribution in [-0.2, 0) is 14.4 Å². The van der Waals surface area contributed by atoms with E-state index in [1.54, 1.807) is 0 Å². The maximum absolute atomic E-state index is 12.2. The lowest BCUT2D eigenvalue weighted by molar-refractivity contribution is -0.134. The van der Waals surface area contributed by atoms with Crippen LogP contribution in [0.15, 0.2) is 12.1 Å². The highest BCUT2D eigenvalue weighted by Gasteiger charge is 2.19. The number of carbonyl (C=O) groups is 3. The Morgan fingerprint density at radius 3 is 2.15 bits per heavy atom. The van der Waals surface area contributed by atoms with Gasteiger partial charge < -0.3 is 21.3 Å². The molecule has 1 atom stereocenters. The zero-order valence-corrected chi connectivity index (χ0v) is 16.5. The second-order valence-electron chi connectivity index (χ2n) is 7.06. The van der Waals surface area contributed by atoms with Crippen molar-refractivity contribution >= 4 is 23.4 Å². The Morgan fingerprint density at radius 2 is 1.65 bits per heavy atom. The van der Waals surface area contributed by atoms with Crippen molar-refractivity contribution in [3.63, 3.8) is 0 Å². The molecule has 0 aromatic heterocycles. The highest BCUT2D eigenvalue weighted by atomic mass is 16.2. The summed E-state index contributed by atoms with van der Waals surface area (Å²) in [5.41, 5.74) is 9.56. The first-order chi connectivity index (χ1) is 12.0. The summed E-state index contributed by atoms with van der Waals surface area (Å²) in [6, 6.07) is 3.32. The standard InChI is InChI=1S/C19H30N4O3/c1-11(2)17(20)19(26)21-9-16(25)23(6)10-15(24)22-18-13(4)7-12(3)8-14(18)5/h7-8,11,17H,9-10,20H2,1-6H3,(H,21,26)(H,22,24)/t17-/m0/s1. The summed E-state index contributed by atoms with van der Waals surface area (Å²) in [6.45, 7) is 9.23. The lowest BCUT2D eigenvalue weighted by Gasteiger charge is -2.20. The van der Waals surface area contributed by atoms with Gasteiger partial charge >= 0.3 is 0 Å². The van der Waals surface area contributed by atoms with Crippen LogP contribution in [0.5, 0.6) is 0 Å². The Labute approximate surface area is 155 Å².